The zero-order valence-electron chi connectivity index (χ0n) is 1.88. The standard InChI is InChI=1S/CH2O2.Ru/c1-2-3-1;/h1H2;. The maximum atomic E-state index is 4.00. The van der Waals surface area contributed by atoms with Crippen LogP contribution in [0.1, 0.15) is 0 Å². The molecule has 0 bridgehead atoms. The molecule has 0 unspecified atom stereocenters. The molecule has 1 rings (SSSR count). The molecule has 0 saturated carbocycles. The van der Waals surface area contributed by atoms with Gasteiger partial charge in [-0.25, -0.2) is 9.78 Å². The van der Waals surface area contributed by atoms with Gasteiger partial charge in [0.15, 0.2) is 0 Å². The summed E-state index contributed by atoms with van der Waals surface area (Å²) in [5.41, 5.74) is 0. The Hall–Kier alpha value is 0.543. The van der Waals surface area contributed by atoms with Gasteiger partial charge in [0.05, 0.1) is 0 Å². The molecule has 26 valence electrons. The molecular formula is CH2O2Ru. The smallest absolute Gasteiger partial charge is 0.202 e. The summed E-state index contributed by atoms with van der Waals surface area (Å²) in [5, 5.41) is 0. The van der Waals surface area contributed by atoms with Crippen LogP contribution in [0.15, 0.2) is 0 Å². The van der Waals surface area contributed by atoms with Crippen molar-refractivity contribution in [2.45, 2.75) is 0 Å². The van der Waals surface area contributed by atoms with Gasteiger partial charge in [0.25, 0.3) is 0 Å². The molecule has 0 aromatic carbocycles. The Morgan fingerprint density at radius 1 is 1.25 bits per heavy atom. The Bertz CT molecular complexity index is 10.8. The molecule has 0 radical (unpaired) electrons. The number of hydrogen-bond donors (Lipinski definition) is 0. The molecule has 0 N–H and O–H groups in total. The van der Waals surface area contributed by atoms with Crippen LogP contribution in [0.4, 0.5) is 0 Å². The first-order chi connectivity index (χ1) is 1.50. The van der Waals surface area contributed by atoms with E-state index in [0.717, 1.165) is 0 Å². The first-order valence-electron chi connectivity index (χ1n) is 0.744. The van der Waals surface area contributed by atoms with Crippen LogP contribution in [0.2, 0.25) is 0 Å². The second kappa shape index (κ2) is 1.83. The normalized spacial score (nSPS) is 18.0. The van der Waals surface area contributed by atoms with Crippen LogP contribution >= 0.6 is 0 Å². The summed E-state index contributed by atoms with van der Waals surface area (Å²) < 4.78 is 0. The summed E-state index contributed by atoms with van der Waals surface area (Å²) >= 11 is 0. The Kier molecular flexibility index (Phi) is 2.07. The molecule has 0 spiro atoms. The van der Waals surface area contributed by atoms with Crippen molar-refractivity contribution in [3.05, 3.63) is 0 Å². The Morgan fingerprint density at radius 2 is 1.50 bits per heavy atom. The van der Waals surface area contributed by atoms with Crippen LogP contribution in [0, 0.1) is 0 Å². The molecule has 1 saturated heterocycles. The Balaban J connectivity index is 0.0000000900. The zero-order valence-corrected chi connectivity index (χ0v) is 3.62. The molecule has 1 fully saturated rings. The van der Waals surface area contributed by atoms with Gasteiger partial charge in [-0.1, -0.05) is 0 Å². The molecule has 0 aliphatic carbocycles. The van der Waals surface area contributed by atoms with Crippen molar-refractivity contribution in [3.8, 4) is 0 Å². The maximum absolute atomic E-state index is 4.00. The molecule has 2 nitrogen and oxygen atoms in total. The average Bonchev–Trinajstić information content (AvgIpc) is 1.46. The second-order valence-electron chi connectivity index (χ2n) is 0.354. The van der Waals surface area contributed by atoms with Gasteiger partial charge in [0, 0.05) is 19.5 Å². The summed E-state index contributed by atoms with van der Waals surface area (Å²) in [4.78, 5) is 8.00. The summed E-state index contributed by atoms with van der Waals surface area (Å²) in [5.74, 6) is 0. The average molecular weight is 147 g/mol. The largest absolute Gasteiger partial charge is 0.214 e. The van der Waals surface area contributed by atoms with E-state index in [-0.39, 0.29) is 19.5 Å². The number of rotatable bonds is 0. The van der Waals surface area contributed by atoms with Crippen molar-refractivity contribution >= 4 is 0 Å². The maximum Gasteiger partial charge on any atom is 0.214 e. The van der Waals surface area contributed by atoms with Gasteiger partial charge >= 0.3 is 0 Å². The molecule has 1 aliphatic rings. The number of hydrogen-bond acceptors (Lipinski definition) is 2. The van der Waals surface area contributed by atoms with Gasteiger partial charge in [0.2, 0.25) is 6.79 Å². The quantitative estimate of drug-likeness (QED) is 0.271. The fraction of sp³-hybridized carbons (Fsp3) is 1.00. The first-order valence-corrected chi connectivity index (χ1v) is 0.744. The molecule has 0 aromatic rings. The molecule has 0 aromatic heterocycles. The van der Waals surface area contributed by atoms with Crippen molar-refractivity contribution in [2.24, 2.45) is 0 Å². The summed E-state index contributed by atoms with van der Waals surface area (Å²) in [6.07, 6.45) is 0. The summed E-state index contributed by atoms with van der Waals surface area (Å²) in [7, 11) is 0. The van der Waals surface area contributed by atoms with E-state index in [0.29, 0.717) is 6.79 Å². The summed E-state index contributed by atoms with van der Waals surface area (Å²) in [6.45, 7) is 0.500. The first kappa shape index (κ1) is 4.54. The Labute approximate surface area is 36.8 Å². The van der Waals surface area contributed by atoms with Crippen molar-refractivity contribution in [1.82, 2.24) is 0 Å². The third kappa shape index (κ3) is 2.54. The van der Waals surface area contributed by atoms with Crippen LogP contribution in [0.3, 0.4) is 0 Å². The van der Waals surface area contributed by atoms with Crippen LogP contribution in [-0.4, -0.2) is 6.79 Å². The van der Waals surface area contributed by atoms with E-state index in [4.69, 9.17) is 0 Å². The van der Waals surface area contributed by atoms with E-state index in [1.807, 2.05) is 0 Å². The van der Waals surface area contributed by atoms with Crippen LogP contribution in [0.5, 0.6) is 0 Å². The van der Waals surface area contributed by atoms with E-state index < -0.39 is 0 Å². The van der Waals surface area contributed by atoms with Crippen molar-refractivity contribution < 1.29 is 29.3 Å². The molecule has 3 heteroatoms. The van der Waals surface area contributed by atoms with Gasteiger partial charge in [-0.3, -0.25) is 0 Å². The van der Waals surface area contributed by atoms with Crippen molar-refractivity contribution in [3.63, 3.8) is 0 Å². The van der Waals surface area contributed by atoms with Crippen molar-refractivity contribution in [1.29, 1.82) is 0 Å². The topological polar surface area (TPSA) is 25.1 Å². The van der Waals surface area contributed by atoms with E-state index in [9.17, 15) is 0 Å². The Morgan fingerprint density at radius 3 is 1.50 bits per heavy atom. The molecule has 0 amide bonds. The molecule has 1 heterocycles. The van der Waals surface area contributed by atoms with E-state index in [1.165, 1.54) is 0 Å². The predicted octanol–water partition coefficient (Wildman–Crippen LogP) is -0.0968. The third-order valence-corrected chi connectivity index (χ3v) is 0.118. The molecule has 4 heavy (non-hydrogen) atoms. The fourth-order valence-electron chi connectivity index (χ4n) is 0. The minimum absolute atomic E-state index is 0. The minimum atomic E-state index is 0. The van der Waals surface area contributed by atoms with Gasteiger partial charge in [0.1, 0.15) is 0 Å². The van der Waals surface area contributed by atoms with Gasteiger partial charge in [-0.05, 0) is 0 Å². The van der Waals surface area contributed by atoms with Crippen LogP contribution in [0.25, 0.3) is 0 Å². The van der Waals surface area contributed by atoms with E-state index in [2.05, 4.69) is 9.78 Å². The molecular weight excluding hydrogens is 145 g/mol. The van der Waals surface area contributed by atoms with Gasteiger partial charge < -0.3 is 0 Å². The molecule has 1 aliphatic heterocycles. The van der Waals surface area contributed by atoms with Crippen LogP contribution < -0.4 is 0 Å². The minimum Gasteiger partial charge on any atom is -0.202 e. The van der Waals surface area contributed by atoms with Crippen LogP contribution in [-0.2, 0) is 29.3 Å². The third-order valence-electron chi connectivity index (χ3n) is 0.118. The monoisotopic (exact) mass is 148 g/mol. The van der Waals surface area contributed by atoms with Gasteiger partial charge in [-0.15, -0.1) is 0 Å². The zero-order chi connectivity index (χ0) is 2.12. The summed E-state index contributed by atoms with van der Waals surface area (Å²) in [6, 6.07) is 0. The van der Waals surface area contributed by atoms with Crippen molar-refractivity contribution in [2.75, 3.05) is 6.79 Å². The van der Waals surface area contributed by atoms with E-state index >= 15 is 0 Å². The molecule has 0 atom stereocenters. The van der Waals surface area contributed by atoms with E-state index in [1.54, 1.807) is 0 Å². The predicted molar refractivity (Wildman–Crippen MR) is 7.04 cm³/mol. The second-order valence-corrected chi connectivity index (χ2v) is 0.354. The fourth-order valence-corrected chi connectivity index (χ4v) is 0. The van der Waals surface area contributed by atoms with Gasteiger partial charge in [-0.2, -0.15) is 0 Å². The SMILES string of the molecule is C1OO1.[Ru].